The Hall–Kier alpha value is -2.35. The van der Waals surface area contributed by atoms with E-state index in [2.05, 4.69) is 26.3 Å². The zero-order chi connectivity index (χ0) is 18.8. The molecule has 0 atom stereocenters. The van der Waals surface area contributed by atoms with Crippen LogP contribution in [0.3, 0.4) is 0 Å². The average Bonchev–Trinajstić information content (AvgIpc) is 3.03. The maximum atomic E-state index is 12.6. The number of nitrogens with zero attached hydrogens (tertiary/aromatic N) is 6. The minimum atomic E-state index is -0.305. The molecule has 4 rings (SSSR count). The van der Waals surface area contributed by atoms with Gasteiger partial charge >= 0.3 is 5.69 Å². The first-order valence-corrected chi connectivity index (χ1v) is 9.38. The Morgan fingerprint density at radius 2 is 1.70 bits per heavy atom. The predicted octanol–water partition coefficient (Wildman–Crippen LogP) is 2.52. The number of anilines is 1. The number of rotatable bonds is 4. The Labute approximate surface area is 166 Å². The summed E-state index contributed by atoms with van der Waals surface area (Å²) in [6, 6.07) is 14.9. The van der Waals surface area contributed by atoms with Gasteiger partial charge in [-0.05, 0) is 40.8 Å². The summed E-state index contributed by atoms with van der Waals surface area (Å²) in [4.78, 5) is 17.1. The van der Waals surface area contributed by atoms with E-state index < -0.39 is 0 Å². The average molecular weight is 405 g/mol. The standard InChI is InChI=1S/C18H18Cl2N6O/c19-14-4-3-5-15(12-14)24-10-8-23(9-11-24)13-25-18(27)26(22-21-25)17-7-2-1-6-16(17)20/h1-7,12H,8-11,13H2. The summed E-state index contributed by atoms with van der Waals surface area (Å²) in [5, 5.41) is 9.16. The molecule has 1 aromatic heterocycles. The summed E-state index contributed by atoms with van der Waals surface area (Å²) in [6.45, 7) is 3.74. The van der Waals surface area contributed by atoms with Crippen molar-refractivity contribution in [3.05, 3.63) is 69.1 Å². The second-order valence-corrected chi connectivity index (χ2v) is 7.19. The van der Waals surface area contributed by atoms with Crippen molar-refractivity contribution in [3.8, 4) is 5.69 Å². The van der Waals surface area contributed by atoms with Gasteiger partial charge in [0.25, 0.3) is 0 Å². The normalized spacial score (nSPS) is 15.3. The fourth-order valence-corrected chi connectivity index (χ4v) is 3.55. The number of hydrogen-bond acceptors (Lipinski definition) is 5. The molecule has 0 radical (unpaired) electrons. The van der Waals surface area contributed by atoms with Gasteiger partial charge < -0.3 is 4.90 Å². The lowest BCUT2D eigenvalue weighted by atomic mass is 10.2. The highest BCUT2D eigenvalue weighted by Crippen LogP contribution is 2.21. The van der Waals surface area contributed by atoms with E-state index in [1.54, 1.807) is 18.2 Å². The molecule has 9 heteroatoms. The van der Waals surface area contributed by atoms with Gasteiger partial charge in [0.15, 0.2) is 0 Å². The van der Waals surface area contributed by atoms with Gasteiger partial charge in [0.1, 0.15) is 6.67 Å². The molecule has 27 heavy (non-hydrogen) atoms. The summed E-state index contributed by atoms with van der Waals surface area (Å²) in [7, 11) is 0. The van der Waals surface area contributed by atoms with Crippen molar-refractivity contribution in [1.29, 1.82) is 0 Å². The third kappa shape index (κ3) is 3.85. The van der Waals surface area contributed by atoms with Gasteiger partial charge in [0.2, 0.25) is 0 Å². The molecule has 0 bridgehead atoms. The molecule has 1 aliphatic rings. The minimum absolute atomic E-state index is 0.305. The number of benzene rings is 2. The lowest BCUT2D eigenvalue weighted by Gasteiger charge is -2.35. The second-order valence-electron chi connectivity index (χ2n) is 6.35. The summed E-state index contributed by atoms with van der Waals surface area (Å²) in [6.07, 6.45) is 0. The van der Waals surface area contributed by atoms with Gasteiger partial charge in [-0.3, -0.25) is 4.90 Å². The molecule has 0 amide bonds. The molecule has 140 valence electrons. The molecule has 1 aliphatic heterocycles. The predicted molar refractivity (Wildman–Crippen MR) is 106 cm³/mol. The molecule has 0 N–H and O–H groups in total. The second kappa shape index (κ2) is 7.72. The molecule has 1 saturated heterocycles. The van der Waals surface area contributed by atoms with Crippen molar-refractivity contribution < 1.29 is 0 Å². The maximum Gasteiger partial charge on any atom is 0.369 e. The van der Waals surface area contributed by atoms with Crippen LogP contribution in [-0.2, 0) is 6.67 Å². The van der Waals surface area contributed by atoms with Gasteiger partial charge in [-0.25, -0.2) is 4.79 Å². The van der Waals surface area contributed by atoms with Gasteiger partial charge in [-0.15, -0.1) is 0 Å². The van der Waals surface area contributed by atoms with Crippen molar-refractivity contribution in [2.45, 2.75) is 6.67 Å². The highest BCUT2D eigenvalue weighted by atomic mass is 35.5. The summed E-state index contributed by atoms with van der Waals surface area (Å²) < 4.78 is 2.59. The highest BCUT2D eigenvalue weighted by molar-refractivity contribution is 6.32. The van der Waals surface area contributed by atoms with E-state index in [9.17, 15) is 4.79 Å². The Bertz CT molecular complexity index is 993. The van der Waals surface area contributed by atoms with Crippen LogP contribution in [-0.4, -0.2) is 50.9 Å². The van der Waals surface area contributed by atoms with Crippen molar-refractivity contribution in [2.75, 3.05) is 31.1 Å². The van der Waals surface area contributed by atoms with E-state index in [1.807, 2.05) is 24.3 Å². The minimum Gasteiger partial charge on any atom is -0.369 e. The molecule has 0 unspecified atom stereocenters. The molecule has 1 fully saturated rings. The van der Waals surface area contributed by atoms with Crippen LogP contribution in [0.5, 0.6) is 0 Å². The Kier molecular flexibility index (Phi) is 5.15. The van der Waals surface area contributed by atoms with Gasteiger partial charge in [0.05, 0.1) is 10.7 Å². The molecule has 7 nitrogen and oxygen atoms in total. The quantitative estimate of drug-likeness (QED) is 0.668. The Morgan fingerprint density at radius 3 is 2.44 bits per heavy atom. The van der Waals surface area contributed by atoms with E-state index in [4.69, 9.17) is 23.2 Å². The Balaban J connectivity index is 1.43. The summed E-state index contributed by atoms with van der Waals surface area (Å²) in [5.74, 6) is 0. The molecule has 0 aliphatic carbocycles. The van der Waals surface area contributed by atoms with Crippen LogP contribution in [0, 0.1) is 0 Å². The van der Waals surface area contributed by atoms with E-state index in [0.29, 0.717) is 17.4 Å². The number of aromatic nitrogens is 4. The highest BCUT2D eigenvalue weighted by Gasteiger charge is 2.20. The van der Waals surface area contributed by atoms with Crippen molar-refractivity contribution >= 4 is 28.9 Å². The van der Waals surface area contributed by atoms with E-state index >= 15 is 0 Å². The van der Waals surface area contributed by atoms with E-state index in [0.717, 1.165) is 36.9 Å². The van der Waals surface area contributed by atoms with Crippen LogP contribution in [0.4, 0.5) is 5.69 Å². The molecule has 2 aromatic carbocycles. The smallest absolute Gasteiger partial charge is 0.369 e. The fraction of sp³-hybridized carbons (Fsp3) is 0.278. The zero-order valence-corrected chi connectivity index (χ0v) is 16.0. The van der Waals surface area contributed by atoms with Crippen LogP contribution in [0.1, 0.15) is 0 Å². The van der Waals surface area contributed by atoms with E-state index in [-0.39, 0.29) is 5.69 Å². The molecular weight excluding hydrogens is 387 g/mol. The number of para-hydroxylation sites is 1. The maximum absolute atomic E-state index is 12.6. The third-order valence-corrected chi connectivity index (χ3v) is 5.15. The number of tetrazole rings is 1. The van der Waals surface area contributed by atoms with Crippen LogP contribution < -0.4 is 10.6 Å². The van der Waals surface area contributed by atoms with Crippen LogP contribution in [0.25, 0.3) is 5.69 Å². The molecular formula is C18H18Cl2N6O. The van der Waals surface area contributed by atoms with E-state index in [1.165, 1.54) is 9.36 Å². The lowest BCUT2D eigenvalue weighted by molar-refractivity contribution is 0.191. The molecule has 3 aromatic rings. The zero-order valence-electron chi connectivity index (χ0n) is 14.5. The van der Waals surface area contributed by atoms with Crippen LogP contribution in [0.15, 0.2) is 53.3 Å². The number of piperazine rings is 1. The summed E-state index contributed by atoms with van der Waals surface area (Å²) in [5.41, 5.74) is 1.34. The van der Waals surface area contributed by atoms with Gasteiger partial charge in [0, 0.05) is 36.9 Å². The lowest BCUT2D eigenvalue weighted by Crippen LogP contribution is -2.48. The summed E-state index contributed by atoms with van der Waals surface area (Å²) >= 11 is 12.2. The van der Waals surface area contributed by atoms with Gasteiger partial charge in [-0.2, -0.15) is 9.36 Å². The first kappa shape index (κ1) is 18.0. The first-order valence-electron chi connectivity index (χ1n) is 8.62. The largest absolute Gasteiger partial charge is 0.369 e. The van der Waals surface area contributed by atoms with Crippen molar-refractivity contribution in [3.63, 3.8) is 0 Å². The third-order valence-electron chi connectivity index (χ3n) is 4.60. The monoisotopic (exact) mass is 404 g/mol. The number of hydrogen-bond donors (Lipinski definition) is 0. The first-order chi connectivity index (χ1) is 13.1. The van der Waals surface area contributed by atoms with Crippen LogP contribution in [0.2, 0.25) is 10.0 Å². The SMILES string of the molecule is O=c1n(CN2CCN(c3cccc(Cl)c3)CC2)nnn1-c1ccccc1Cl. The van der Waals surface area contributed by atoms with Crippen molar-refractivity contribution in [2.24, 2.45) is 0 Å². The Morgan fingerprint density at radius 1 is 0.926 bits per heavy atom. The van der Waals surface area contributed by atoms with Crippen molar-refractivity contribution in [1.82, 2.24) is 24.7 Å². The molecule has 2 heterocycles. The molecule has 0 spiro atoms. The van der Waals surface area contributed by atoms with Crippen LogP contribution >= 0.6 is 23.2 Å². The fourth-order valence-electron chi connectivity index (χ4n) is 3.15. The van der Waals surface area contributed by atoms with Gasteiger partial charge in [-0.1, -0.05) is 41.4 Å². The number of halogens is 2. The molecule has 0 saturated carbocycles. The topological polar surface area (TPSA) is 59.2 Å².